The van der Waals surface area contributed by atoms with Crippen LogP contribution in [-0.2, 0) is 22.6 Å². The number of hydrogen-bond acceptors (Lipinski definition) is 6. The lowest BCUT2D eigenvalue weighted by molar-refractivity contribution is -0.115. The average molecular weight is 439 g/mol. The zero-order valence-corrected chi connectivity index (χ0v) is 18.3. The van der Waals surface area contributed by atoms with Gasteiger partial charge in [-0.2, -0.15) is 0 Å². The van der Waals surface area contributed by atoms with E-state index in [1.54, 1.807) is 0 Å². The number of carbonyl (C=O) groups excluding carboxylic acids is 1. The van der Waals surface area contributed by atoms with Crippen molar-refractivity contribution in [1.82, 2.24) is 4.98 Å². The van der Waals surface area contributed by atoms with E-state index in [4.69, 9.17) is 14.2 Å². The molecule has 1 fully saturated rings. The summed E-state index contributed by atoms with van der Waals surface area (Å²) in [5.74, 6) is 1.41. The van der Waals surface area contributed by atoms with Crippen LogP contribution in [0.1, 0.15) is 29.1 Å². The van der Waals surface area contributed by atoms with Gasteiger partial charge in [0.05, 0.1) is 18.2 Å². The Morgan fingerprint density at radius 1 is 1.19 bits per heavy atom. The number of rotatable bonds is 9. The molecule has 6 nitrogen and oxygen atoms in total. The highest BCUT2D eigenvalue weighted by Crippen LogP contribution is 2.21. The molecule has 0 bridgehead atoms. The number of aryl methyl sites for hydroxylation is 1. The SMILES string of the molecule is Cc1ccc(OCc2nc(CC(=O)Nc3cccc(OCC4CCCO4)c3)cs2)cc1. The number of carbonyl (C=O) groups is 1. The van der Waals surface area contributed by atoms with Crippen molar-refractivity contribution in [1.29, 1.82) is 0 Å². The highest BCUT2D eigenvalue weighted by Gasteiger charge is 2.16. The molecule has 1 aliphatic heterocycles. The van der Waals surface area contributed by atoms with Crippen molar-refractivity contribution < 1.29 is 19.0 Å². The summed E-state index contributed by atoms with van der Waals surface area (Å²) in [7, 11) is 0. The van der Waals surface area contributed by atoms with Gasteiger partial charge in [-0.05, 0) is 44.0 Å². The molecule has 7 heteroatoms. The Kier molecular flexibility index (Phi) is 7.17. The Bertz CT molecular complexity index is 997. The van der Waals surface area contributed by atoms with Crippen molar-refractivity contribution in [2.45, 2.75) is 38.9 Å². The van der Waals surface area contributed by atoms with Gasteiger partial charge in [0.2, 0.25) is 5.91 Å². The van der Waals surface area contributed by atoms with Crippen molar-refractivity contribution in [3.63, 3.8) is 0 Å². The summed E-state index contributed by atoms with van der Waals surface area (Å²) in [5.41, 5.74) is 2.62. The third-order valence-corrected chi connectivity index (χ3v) is 5.77. The van der Waals surface area contributed by atoms with Crippen LogP contribution in [0.4, 0.5) is 5.69 Å². The molecule has 0 radical (unpaired) electrons. The first-order valence-corrected chi connectivity index (χ1v) is 11.3. The molecule has 2 heterocycles. The maximum atomic E-state index is 12.4. The smallest absolute Gasteiger partial charge is 0.230 e. The Labute approximate surface area is 186 Å². The predicted molar refractivity (Wildman–Crippen MR) is 121 cm³/mol. The number of aromatic nitrogens is 1. The van der Waals surface area contributed by atoms with Crippen molar-refractivity contribution in [3.05, 3.63) is 70.2 Å². The summed E-state index contributed by atoms with van der Waals surface area (Å²) >= 11 is 1.49. The summed E-state index contributed by atoms with van der Waals surface area (Å²) in [4.78, 5) is 17.0. The fourth-order valence-corrected chi connectivity index (χ4v) is 3.98. The summed E-state index contributed by atoms with van der Waals surface area (Å²) in [6, 6.07) is 15.3. The van der Waals surface area contributed by atoms with Crippen LogP contribution in [0.5, 0.6) is 11.5 Å². The van der Waals surface area contributed by atoms with Crippen LogP contribution in [0.3, 0.4) is 0 Å². The summed E-state index contributed by atoms with van der Waals surface area (Å²) in [5, 5.41) is 5.65. The molecule has 1 unspecified atom stereocenters. The molecule has 3 aromatic rings. The third kappa shape index (κ3) is 6.54. The van der Waals surface area contributed by atoms with Crippen LogP contribution in [0, 0.1) is 6.92 Å². The topological polar surface area (TPSA) is 69.7 Å². The van der Waals surface area contributed by atoms with Gasteiger partial charge in [0, 0.05) is 23.7 Å². The number of anilines is 1. The lowest BCUT2D eigenvalue weighted by Gasteiger charge is -2.12. The van der Waals surface area contributed by atoms with Gasteiger partial charge >= 0.3 is 0 Å². The number of thiazole rings is 1. The van der Waals surface area contributed by atoms with Gasteiger partial charge in [0.1, 0.15) is 29.7 Å². The first-order chi connectivity index (χ1) is 15.1. The Balaban J connectivity index is 1.25. The Hall–Kier alpha value is -2.90. The molecule has 1 aromatic heterocycles. The summed E-state index contributed by atoms with van der Waals surface area (Å²) < 4.78 is 17.1. The van der Waals surface area contributed by atoms with Crippen molar-refractivity contribution in [2.75, 3.05) is 18.5 Å². The minimum atomic E-state index is -0.118. The van der Waals surface area contributed by atoms with E-state index in [9.17, 15) is 4.79 Å². The molecule has 1 amide bonds. The third-order valence-electron chi connectivity index (χ3n) is 4.90. The van der Waals surface area contributed by atoms with Gasteiger partial charge in [-0.1, -0.05) is 23.8 Å². The second-order valence-electron chi connectivity index (χ2n) is 7.53. The van der Waals surface area contributed by atoms with Crippen molar-refractivity contribution in [3.8, 4) is 11.5 Å². The van der Waals surface area contributed by atoms with Crippen LogP contribution in [0.15, 0.2) is 53.9 Å². The number of amides is 1. The first kappa shape index (κ1) is 21.3. The van der Waals surface area contributed by atoms with E-state index >= 15 is 0 Å². The number of hydrogen-bond donors (Lipinski definition) is 1. The van der Waals surface area contributed by atoms with E-state index in [1.807, 2.05) is 60.8 Å². The fraction of sp³-hybridized carbons (Fsp3) is 0.333. The molecular formula is C24H26N2O4S. The van der Waals surface area contributed by atoms with E-state index in [1.165, 1.54) is 16.9 Å². The van der Waals surface area contributed by atoms with Gasteiger partial charge in [0.15, 0.2) is 0 Å². The van der Waals surface area contributed by atoms with E-state index in [0.29, 0.717) is 18.9 Å². The van der Waals surface area contributed by atoms with Gasteiger partial charge in [-0.25, -0.2) is 4.98 Å². The zero-order valence-electron chi connectivity index (χ0n) is 17.5. The van der Waals surface area contributed by atoms with Crippen molar-refractivity contribution in [2.24, 2.45) is 0 Å². The minimum Gasteiger partial charge on any atom is -0.491 e. The van der Waals surface area contributed by atoms with Gasteiger partial charge in [-0.3, -0.25) is 4.79 Å². The number of benzene rings is 2. The predicted octanol–water partition coefficient (Wildman–Crippen LogP) is 4.77. The van der Waals surface area contributed by atoms with Crippen LogP contribution in [0.2, 0.25) is 0 Å². The number of ether oxygens (including phenoxy) is 3. The van der Waals surface area contributed by atoms with E-state index in [0.717, 1.165) is 41.6 Å². The molecule has 1 atom stereocenters. The van der Waals surface area contributed by atoms with Crippen LogP contribution in [-0.4, -0.2) is 30.2 Å². The van der Waals surface area contributed by atoms with Gasteiger partial charge in [0.25, 0.3) is 0 Å². The van der Waals surface area contributed by atoms with E-state index in [2.05, 4.69) is 10.3 Å². The second kappa shape index (κ2) is 10.4. The molecule has 4 rings (SSSR count). The normalized spacial score (nSPS) is 15.6. The van der Waals surface area contributed by atoms with Gasteiger partial charge < -0.3 is 19.5 Å². The van der Waals surface area contributed by atoms with E-state index in [-0.39, 0.29) is 18.4 Å². The molecule has 1 N–H and O–H groups in total. The largest absolute Gasteiger partial charge is 0.491 e. The molecule has 31 heavy (non-hydrogen) atoms. The zero-order chi connectivity index (χ0) is 21.5. The first-order valence-electron chi connectivity index (χ1n) is 10.4. The van der Waals surface area contributed by atoms with Gasteiger partial charge in [-0.15, -0.1) is 11.3 Å². The van der Waals surface area contributed by atoms with Crippen LogP contribution >= 0.6 is 11.3 Å². The molecular weight excluding hydrogens is 412 g/mol. The lowest BCUT2D eigenvalue weighted by Crippen LogP contribution is -2.17. The quantitative estimate of drug-likeness (QED) is 0.521. The fourth-order valence-electron chi connectivity index (χ4n) is 3.27. The molecule has 2 aromatic carbocycles. The maximum Gasteiger partial charge on any atom is 0.230 e. The molecule has 1 saturated heterocycles. The molecule has 0 spiro atoms. The van der Waals surface area contributed by atoms with Crippen molar-refractivity contribution >= 4 is 22.9 Å². The lowest BCUT2D eigenvalue weighted by atomic mass is 10.2. The van der Waals surface area contributed by atoms with E-state index < -0.39 is 0 Å². The number of nitrogens with one attached hydrogen (secondary N) is 1. The van der Waals surface area contributed by atoms with Crippen LogP contribution in [0.25, 0.3) is 0 Å². The molecule has 1 aliphatic rings. The van der Waals surface area contributed by atoms with Crippen LogP contribution < -0.4 is 14.8 Å². The standard InChI is InChI=1S/C24H26N2O4S/c1-17-7-9-20(10-8-17)30-15-24-26-19(16-31-24)13-23(27)25-18-4-2-5-21(12-18)29-14-22-6-3-11-28-22/h2,4-5,7-10,12,16,22H,3,6,11,13-15H2,1H3,(H,25,27). The molecule has 162 valence electrons. The summed E-state index contributed by atoms with van der Waals surface area (Å²) in [6.07, 6.45) is 2.48. The monoisotopic (exact) mass is 438 g/mol. The molecule has 0 aliphatic carbocycles. The maximum absolute atomic E-state index is 12.4. The molecule has 0 saturated carbocycles. The second-order valence-corrected chi connectivity index (χ2v) is 8.48. The Morgan fingerprint density at radius 3 is 2.87 bits per heavy atom. The summed E-state index contributed by atoms with van der Waals surface area (Å²) in [6.45, 7) is 3.76. The highest BCUT2D eigenvalue weighted by atomic mass is 32.1. The average Bonchev–Trinajstić information content (AvgIpc) is 3.44. The Morgan fingerprint density at radius 2 is 2.06 bits per heavy atom. The number of nitrogens with zero attached hydrogens (tertiary/aromatic N) is 1. The minimum absolute atomic E-state index is 0.118. The highest BCUT2D eigenvalue weighted by molar-refractivity contribution is 7.09.